The number of hydrogen-bond acceptors (Lipinski definition) is 5. The van der Waals surface area contributed by atoms with Crippen LogP contribution in [-0.4, -0.2) is 33.2 Å². The Labute approximate surface area is 107 Å². The van der Waals surface area contributed by atoms with E-state index in [2.05, 4.69) is 40.3 Å². The van der Waals surface area contributed by atoms with Crippen molar-refractivity contribution in [1.29, 1.82) is 0 Å². The van der Waals surface area contributed by atoms with Gasteiger partial charge in [0.15, 0.2) is 0 Å². The van der Waals surface area contributed by atoms with Crippen molar-refractivity contribution in [2.24, 2.45) is 0 Å². The Morgan fingerprint density at radius 1 is 1.24 bits per heavy atom. The lowest BCUT2D eigenvalue weighted by Crippen LogP contribution is -2.11. The summed E-state index contributed by atoms with van der Waals surface area (Å²) in [4.78, 5) is 4.45. The zero-order chi connectivity index (χ0) is 12.5. The van der Waals surface area contributed by atoms with E-state index in [1.165, 1.54) is 0 Å². The van der Waals surface area contributed by atoms with E-state index in [-0.39, 0.29) is 0 Å². The van der Waals surface area contributed by atoms with Crippen LogP contribution in [0.4, 0.5) is 5.95 Å². The molecule has 0 unspecified atom stereocenters. The van der Waals surface area contributed by atoms with Crippen molar-refractivity contribution < 1.29 is 0 Å². The van der Waals surface area contributed by atoms with Crippen LogP contribution in [0.3, 0.4) is 0 Å². The Morgan fingerprint density at radius 3 is 2.65 bits per heavy atom. The van der Waals surface area contributed by atoms with Gasteiger partial charge in [0.2, 0.25) is 5.95 Å². The van der Waals surface area contributed by atoms with Crippen LogP contribution in [0.2, 0.25) is 0 Å². The first-order valence-corrected chi connectivity index (χ1v) is 6.94. The molecule has 1 aromatic heterocycles. The van der Waals surface area contributed by atoms with Gasteiger partial charge >= 0.3 is 0 Å². The van der Waals surface area contributed by atoms with E-state index >= 15 is 0 Å². The molecule has 1 rings (SSSR count). The minimum atomic E-state index is 0.611. The van der Waals surface area contributed by atoms with Gasteiger partial charge < -0.3 is 5.32 Å². The fourth-order valence-corrected chi connectivity index (χ4v) is 1.89. The van der Waals surface area contributed by atoms with Crippen molar-refractivity contribution in [3.63, 3.8) is 0 Å². The summed E-state index contributed by atoms with van der Waals surface area (Å²) in [6.45, 7) is 4.95. The Hall–Kier alpha value is -1.28. The van der Waals surface area contributed by atoms with Gasteiger partial charge in [0, 0.05) is 12.3 Å². The van der Waals surface area contributed by atoms with E-state index in [4.69, 9.17) is 6.42 Å². The summed E-state index contributed by atoms with van der Waals surface area (Å²) in [5.41, 5.74) is 2.01. The lowest BCUT2D eigenvalue weighted by atomic mass is 10.2. The summed E-state index contributed by atoms with van der Waals surface area (Å²) in [6, 6.07) is 0. The molecule has 0 saturated carbocycles. The molecule has 92 valence electrons. The van der Waals surface area contributed by atoms with Crippen molar-refractivity contribution in [1.82, 2.24) is 15.2 Å². The first kappa shape index (κ1) is 13.8. The van der Waals surface area contributed by atoms with Crippen LogP contribution in [0.25, 0.3) is 0 Å². The summed E-state index contributed by atoms with van der Waals surface area (Å²) in [6.07, 6.45) is 6.93. The third-order valence-electron chi connectivity index (χ3n) is 2.22. The van der Waals surface area contributed by atoms with Crippen molar-refractivity contribution in [2.45, 2.75) is 26.7 Å². The van der Waals surface area contributed by atoms with Gasteiger partial charge in [-0.2, -0.15) is 5.10 Å². The number of terminal acetylenes is 1. The van der Waals surface area contributed by atoms with Crippen molar-refractivity contribution in [3.05, 3.63) is 11.4 Å². The third kappa shape index (κ3) is 4.61. The predicted molar refractivity (Wildman–Crippen MR) is 73.2 cm³/mol. The summed E-state index contributed by atoms with van der Waals surface area (Å²) in [7, 11) is 0. The molecule has 0 aliphatic rings. The van der Waals surface area contributed by atoms with Crippen LogP contribution in [0.5, 0.6) is 0 Å². The van der Waals surface area contributed by atoms with E-state index in [1.54, 1.807) is 11.8 Å². The van der Waals surface area contributed by atoms with E-state index in [0.29, 0.717) is 5.95 Å². The molecular formula is C12H18N4S. The van der Waals surface area contributed by atoms with Gasteiger partial charge in [0.25, 0.3) is 0 Å². The molecule has 0 saturated heterocycles. The van der Waals surface area contributed by atoms with Crippen molar-refractivity contribution in [2.75, 3.05) is 23.4 Å². The van der Waals surface area contributed by atoms with Crippen LogP contribution >= 0.6 is 11.8 Å². The van der Waals surface area contributed by atoms with E-state index in [9.17, 15) is 0 Å². The number of aromatic nitrogens is 3. The number of hydrogen-bond donors (Lipinski definition) is 1. The number of nitrogens with one attached hydrogen (secondary N) is 1. The zero-order valence-electron chi connectivity index (χ0n) is 10.4. The molecule has 0 aliphatic carbocycles. The Bertz CT molecular complexity index is 387. The van der Waals surface area contributed by atoms with Gasteiger partial charge in [-0.3, -0.25) is 0 Å². The Balaban J connectivity index is 2.46. The molecule has 1 N–H and O–H groups in total. The minimum absolute atomic E-state index is 0.611. The first-order valence-electron chi connectivity index (χ1n) is 5.79. The van der Waals surface area contributed by atoms with E-state index < -0.39 is 0 Å². The van der Waals surface area contributed by atoms with Gasteiger partial charge in [-0.15, -0.1) is 23.3 Å². The summed E-state index contributed by atoms with van der Waals surface area (Å²) >= 11 is 1.72. The largest absolute Gasteiger partial charge is 0.352 e. The lowest BCUT2D eigenvalue weighted by molar-refractivity contribution is 0.822. The second kappa shape index (κ2) is 7.91. The molecule has 0 bridgehead atoms. The molecule has 0 fully saturated rings. The number of rotatable bonds is 7. The van der Waals surface area contributed by atoms with Gasteiger partial charge in [-0.1, -0.05) is 19.8 Å². The van der Waals surface area contributed by atoms with Crippen LogP contribution in [0, 0.1) is 12.3 Å². The van der Waals surface area contributed by atoms with Gasteiger partial charge in [0.05, 0.1) is 17.1 Å². The highest BCUT2D eigenvalue weighted by Crippen LogP contribution is 2.07. The number of anilines is 1. The predicted octanol–water partition coefficient (Wildman–Crippen LogP) is 1.77. The summed E-state index contributed by atoms with van der Waals surface area (Å²) in [5, 5.41) is 11.4. The van der Waals surface area contributed by atoms with Crippen LogP contribution in [0.1, 0.15) is 25.2 Å². The molecule has 1 heterocycles. The smallest absolute Gasteiger partial charge is 0.243 e. The Morgan fingerprint density at radius 2 is 2.00 bits per heavy atom. The highest BCUT2D eigenvalue weighted by Gasteiger charge is 2.05. The molecule has 0 atom stereocenters. The monoisotopic (exact) mass is 250 g/mol. The number of nitrogens with zero attached hydrogens (tertiary/aromatic N) is 3. The fraction of sp³-hybridized carbons (Fsp3) is 0.583. The third-order valence-corrected chi connectivity index (χ3v) is 3.09. The van der Waals surface area contributed by atoms with Gasteiger partial charge in [-0.25, -0.2) is 4.98 Å². The maximum Gasteiger partial charge on any atom is 0.243 e. The molecule has 0 radical (unpaired) electrons. The molecule has 0 spiro atoms. The van der Waals surface area contributed by atoms with E-state index in [1.807, 2.05) is 0 Å². The topological polar surface area (TPSA) is 50.7 Å². The standard InChI is InChI=1S/C12H18N4S/c1-4-8-17-9-7-13-12-14-10(5-2)11(6-3)15-16-12/h1H,5-9H2,2-3H3,(H,13,14,16). The zero-order valence-corrected chi connectivity index (χ0v) is 11.2. The quantitative estimate of drug-likeness (QED) is 0.590. The van der Waals surface area contributed by atoms with E-state index in [0.717, 1.165) is 42.3 Å². The second-order valence-electron chi connectivity index (χ2n) is 3.42. The maximum atomic E-state index is 5.17. The normalized spacial score (nSPS) is 9.94. The highest BCUT2D eigenvalue weighted by atomic mass is 32.2. The van der Waals surface area contributed by atoms with Gasteiger partial charge in [-0.05, 0) is 12.8 Å². The first-order chi connectivity index (χ1) is 8.31. The number of thioether (sulfide) groups is 1. The number of aryl methyl sites for hydroxylation is 2. The molecule has 17 heavy (non-hydrogen) atoms. The molecule has 0 aromatic carbocycles. The molecule has 4 nitrogen and oxygen atoms in total. The van der Waals surface area contributed by atoms with Crippen molar-refractivity contribution in [3.8, 4) is 12.3 Å². The maximum absolute atomic E-state index is 5.17. The average Bonchev–Trinajstić information content (AvgIpc) is 2.38. The fourth-order valence-electron chi connectivity index (χ4n) is 1.38. The second-order valence-corrected chi connectivity index (χ2v) is 4.52. The molecular weight excluding hydrogens is 232 g/mol. The van der Waals surface area contributed by atoms with Gasteiger partial charge in [0.1, 0.15) is 0 Å². The van der Waals surface area contributed by atoms with Crippen LogP contribution in [-0.2, 0) is 12.8 Å². The molecule has 1 aromatic rings. The van der Waals surface area contributed by atoms with Crippen molar-refractivity contribution >= 4 is 17.7 Å². The van der Waals surface area contributed by atoms with Crippen LogP contribution < -0.4 is 5.32 Å². The highest BCUT2D eigenvalue weighted by molar-refractivity contribution is 7.99. The van der Waals surface area contributed by atoms with Crippen LogP contribution in [0.15, 0.2) is 0 Å². The SMILES string of the molecule is C#CCSCCNc1nnc(CC)c(CC)n1. The average molecular weight is 250 g/mol. The summed E-state index contributed by atoms with van der Waals surface area (Å²) in [5.74, 6) is 4.90. The molecule has 0 amide bonds. The minimum Gasteiger partial charge on any atom is -0.352 e. The molecule has 5 heteroatoms. The Kier molecular flexibility index (Phi) is 6.41. The summed E-state index contributed by atoms with van der Waals surface area (Å²) < 4.78 is 0. The molecule has 0 aliphatic heterocycles. The lowest BCUT2D eigenvalue weighted by Gasteiger charge is -2.07.